The third-order valence-corrected chi connectivity index (χ3v) is 4.98. The SMILES string of the molecule is C=C(NCC=O)c1ccccc1N=C(CCC)CNC.COC.O=CCC1CCCCC1. The zero-order chi connectivity index (χ0) is 24.0. The number of carbonyl (C=O) groups is 2. The van der Waals surface area contributed by atoms with E-state index in [2.05, 4.69) is 28.9 Å². The zero-order valence-corrected chi connectivity index (χ0v) is 20.5. The lowest BCUT2D eigenvalue weighted by Gasteiger charge is -2.18. The third kappa shape index (κ3) is 13.9. The lowest BCUT2D eigenvalue weighted by molar-refractivity contribution is -0.109. The fourth-order valence-electron chi connectivity index (χ4n) is 3.49. The van der Waals surface area contributed by atoms with Crippen LogP contribution in [0.4, 0.5) is 5.69 Å². The minimum atomic E-state index is 0.259. The van der Waals surface area contributed by atoms with E-state index in [4.69, 9.17) is 4.99 Å². The quantitative estimate of drug-likeness (QED) is 0.372. The number of ether oxygens (including phenoxy) is 1. The van der Waals surface area contributed by atoms with Crippen LogP contribution in [0.5, 0.6) is 0 Å². The lowest BCUT2D eigenvalue weighted by Crippen LogP contribution is -2.18. The van der Waals surface area contributed by atoms with E-state index >= 15 is 0 Å². The van der Waals surface area contributed by atoms with E-state index in [1.807, 2.05) is 31.3 Å². The van der Waals surface area contributed by atoms with Crippen molar-refractivity contribution in [3.8, 4) is 0 Å². The summed E-state index contributed by atoms with van der Waals surface area (Å²) in [4.78, 5) is 25.2. The van der Waals surface area contributed by atoms with E-state index in [1.54, 1.807) is 14.2 Å². The summed E-state index contributed by atoms with van der Waals surface area (Å²) in [5, 5.41) is 6.12. The molecule has 1 aliphatic carbocycles. The number of nitrogens with one attached hydrogen (secondary N) is 2. The van der Waals surface area contributed by atoms with Crippen molar-refractivity contribution < 1.29 is 14.3 Å². The number of hydrogen-bond acceptors (Lipinski definition) is 6. The predicted molar refractivity (Wildman–Crippen MR) is 136 cm³/mol. The number of rotatable bonds is 11. The summed E-state index contributed by atoms with van der Waals surface area (Å²) in [5.41, 5.74) is 3.65. The van der Waals surface area contributed by atoms with Crippen LogP contribution in [0.1, 0.15) is 63.9 Å². The maximum Gasteiger partial charge on any atom is 0.139 e. The number of hydrogen-bond donors (Lipinski definition) is 2. The first-order chi connectivity index (χ1) is 15.6. The largest absolute Gasteiger partial charge is 0.388 e. The van der Waals surface area contributed by atoms with Gasteiger partial charge in [0.05, 0.1) is 12.2 Å². The Balaban J connectivity index is 0.000000659. The molecule has 1 aromatic carbocycles. The van der Waals surface area contributed by atoms with Crippen LogP contribution in [0.3, 0.4) is 0 Å². The van der Waals surface area contributed by atoms with E-state index < -0.39 is 0 Å². The van der Waals surface area contributed by atoms with E-state index in [0.29, 0.717) is 0 Å². The van der Waals surface area contributed by atoms with Gasteiger partial charge in [0.25, 0.3) is 0 Å². The molecule has 1 saturated carbocycles. The molecule has 0 atom stereocenters. The van der Waals surface area contributed by atoms with Crippen LogP contribution >= 0.6 is 0 Å². The number of aliphatic imine (C=N–C) groups is 1. The number of carbonyl (C=O) groups excluding carboxylic acids is 2. The molecule has 2 N–H and O–H groups in total. The molecular formula is C26H43N3O3. The number of benzene rings is 1. The summed E-state index contributed by atoms with van der Waals surface area (Å²) in [7, 11) is 5.17. The molecule has 0 amide bonds. The molecule has 6 heteroatoms. The highest BCUT2D eigenvalue weighted by atomic mass is 16.4. The second-order valence-corrected chi connectivity index (χ2v) is 7.82. The molecule has 0 radical (unpaired) electrons. The fraction of sp³-hybridized carbons (Fsp3) is 0.577. The predicted octanol–water partition coefficient (Wildman–Crippen LogP) is 4.96. The molecule has 0 unspecified atom stereocenters. The van der Waals surface area contributed by atoms with Crippen LogP contribution in [-0.4, -0.2) is 52.6 Å². The Kier molecular flexibility index (Phi) is 19.1. The van der Waals surface area contributed by atoms with Gasteiger partial charge in [0, 0.05) is 44.2 Å². The van der Waals surface area contributed by atoms with Crippen molar-refractivity contribution in [2.75, 3.05) is 34.4 Å². The molecule has 0 spiro atoms. The summed E-state index contributed by atoms with van der Waals surface area (Å²) in [6.45, 7) is 7.14. The molecule has 0 bridgehead atoms. The third-order valence-electron chi connectivity index (χ3n) is 4.98. The first-order valence-electron chi connectivity index (χ1n) is 11.6. The van der Waals surface area contributed by atoms with Crippen molar-refractivity contribution in [3.63, 3.8) is 0 Å². The molecule has 1 fully saturated rings. The Morgan fingerprint density at radius 2 is 1.81 bits per heavy atom. The van der Waals surface area contributed by atoms with Gasteiger partial charge in [-0.15, -0.1) is 0 Å². The molecule has 6 nitrogen and oxygen atoms in total. The highest BCUT2D eigenvalue weighted by Gasteiger charge is 2.11. The number of nitrogens with zero attached hydrogens (tertiary/aromatic N) is 1. The van der Waals surface area contributed by atoms with Gasteiger partial charge >= 0.3 is 0 Å². The van der Waals surface area contributed by atoms with Gasteiger partial charge in [-0.2, -0.15) is 0 Å². The first kappa shape index (κ1) is 29.7. The van der Waals surface area contributed by atoms with Gasteiger partial charge in [0.1, 0.15) is 12.6 Å². The maximum atomic E-state index is 10.4. The monoisotopic (exact) mass is 445 g/mol. The van der Waals surface area contributed by atoms with Gasteiger partial charge < -0.3 is 25.0 Å². The number of aldehydes is 2. The second-order valence-electron chi connectivity index (χ2n) is 7.82. The Morgan fingerprint density at radius 3 is 2.38 bits per heavy atom. The normalized spacial score (nSPS) is 13.7. The van der Waals surface area contributed by atoms with E-state index in [9.17, 15) is 9.59 Å². The zero-order valence-electron chi connectivity index (χ0n) is 20.5. The molecule has 1 aromatic rings. The van der Waals surface area contributed by atoms with E-state index in [0.717, 1.165) is 67.0 Å². The molecule has 180 valence electrons. The number of para-hydroxylation sites is 1. The van der Waals surface area contributed by atoms with E-state index in [1.165, 1.54) is 32.1 Å². The molecule has 2 rings (SSSR count). The molecule has 0 aliphatic heterocycles. The van der Waals surface area contributed by atoms with Gasteiger partial charge in [-0.3, -0.25) is 4.99 Å². The molecule has 0 aromatic heterocycles. The Hall–Kier alpha value is -2.31. The number of methoxy groups -OCH3 is 1. The minimum Gasteiger partial charge on any atom is -0.388 e. The summed E-state index contributed by atoms with van der Waals surface area (Å²) in [5.74, 6) is 0.733. The average Bonchev–Trinajstić information content (AvgIpc) is 2.80. The van der Waals surface area contributed by atoms with Crippen LogP contribution in [0.25, 0.3) is 5.70 Å². The van der Waals surface area contributed by atoms with Crippen LogP contribution in [0, 0.1) is 5.92 Å². The van der Waals surface area contributed by atoms with Crippen molar-refractivity contribution in [3.05, 3.63) is 36.4 Å². The van der Waals surface area contributed by atoms with Crippen LogP contribution < -0.4 is 10.6 Å². The molecular weight excluding hydrogens is 402 g/mol. The molecule has 1 aliphatic rings. The first-order valence-corrected chi connectivity index (χ1v) is 11.6. The van der Waals surface area contributed by atoms with Crippen molar-refractivity contribution in [1.29, 1.82) is 0 Å². The molecule has 0 heterocycles. The van der Waals surface area contributed by atoms with E-state index in [-0.39, 0.29) is 6.54 Å². The lowest BCUT2D eigenvalue weighted by atomic mass is 9.87. The smallest absolute Gasteiger partial charge is 0.139 e. The standard InChI is InChI=1S/C16H23N3O.C8H14O.C2H6O/c1-4-7-14(12-17-3)19-16-9-6-5-8-15(16)13(2)18-10-11-20;9-7-6-8-4-2-1-3-5-8;1-3-2/h5-6,8-9,11,17-18H,2,4,7,10,12H2,1,3H3;7-8H,1-6H2;1-2H3. The van der Waals surface area contributed by atoms with Gasteiger partial charge in [-0.05, 0) is 25.5 Å². The Bertz CT molecular complexity index is 660. The topological polar surface area (TPSA) is 79.8 Å². The van der Waals surface area contributed by atoms with Crippen molar-refractivity contribution >= 4 is 29.7 Å². The summed E-state index contributed by atoms with van der Waals surface area (Å²) in [6.07, 6.45) is 11.4. The Labute approximate surface area is 194 Å². The fourth-order valence-corrected chi connectivity index (χ4v) is 3.49. The van der Waals surface area contributed by atoms with Gasteiger partial charge in [-0.1, -0.05) is 70.2 Å². The van der Waals surface area contributed by atoms with Crippen LogP contribution in [0.2, 0.25) is 0 Å². The van der Waals surface area contributed by atoms with Crippen LogP contribution in [-0.2, 0) is 14.3 Å². The van der Waals surface area contributed by atoms with Gasteiger partial charge in [0.15, 0.2) is 0 Å². The minimum absolute atomic E-state index is 0.259. The van der Waals surface area contributed by atoms with Crippen molar-refractivity contribution in [2.45, 2.75) is 58.3 Å². The van der Waals surface area contributed by atoms with Gasteiger partial charge in [-0.25, -0.2) is 0 Å². The van der Waals surface area contributed by atoms with Crippen molar-refractivity contribution in [1.82, 2.24) is 10.6 Å². The highest BCUT2D eigenvalue weighted by molar-refractivity contribution is 5.90. The summed E-state index contributed by atoms with van der Waals surface area (Å²) < 4.78 is 4.25. The van der Waals surface area contributed by atoms with Crippen LogP contribution in [0.15, 0.2) is 35.8 Å². The van der Waals surface area contributed by atoms with Crippen molar-refractivity contribution in [2.24, 2.45) is 10.9 Å². The Morgan fingerprint density at radius 1 is 1.16 bits per heavy atom. The van der Waals surface area contributed by atoms with Gasteiger partial charge in [0.2, 0.25) is 0 Å². The summed E-state index contributed by atoms with van der Waals surface area (Å²) in [6, 6.07) is 7.83. The second kappa shape index (κ2) is 20.6. The average molecular weight is 446 g/mol. The maximum absolute atomic E-state index is 10.4. The molecule has 32 heavy (non-hydrogen) atoms. The highest BCUT2D eigenvalue weighted by Crippen LogP contribution is 2.25. The summed E-state index contributed by atoms with van der Waals surface area (Å²) >= 11 is 0. The molecule has 0 saturated heterocycles.